The van der Waals surface area contributed by atoms with Gasteiger partial charge >= 0.3 is 12.1 Å². The van der Waals surface area contributed by atoms with E-state index in [2.05, 4.69) is 68.8 Å². The molecule has 1 aliphatic rings. The molecular formula is C43H52N2O7Si. The second-order valence-corrected chi connectivity index (χ2v) is 19.7. The van der Waals surface area contributed by atoms with Crippen molar-refractivity contribution in [2.75, 3.05) is 19.8 Å². The number of fused-ring (bicyclic) bond motifs is 3. The maximum Gasteiger partial charge on any atom is 0.407 e. The molecule has 0 heterocycles. The zero-order chi connectivity index (χ0) is 38.0. The Labute approximate surface area is 314 Å². The van der Waals surface area contributed by atoms with E-state index in [4.69, 9.17) is 18.6 Å². The summed E-state index contributed by atoms with van der Waals surface area (Å²) < 4.78 is 23.8. The van der Waals surface area contributed by atoms with Gasteiger partial charge in [-0.1, -0.05) is 112 Å². The van der Waals surface area contributed by atoms with E-state index < -0.39 is 38.4 Å². The fourth-order valence-corrected chi connectivity index (χ4v) is 7.62. The van der Waals surface area contributed by atoms with E-state index >= 15 is 0 Å². The lowest BCUT2D eigenvalue weighted by molar-refractivity contribution is -0.145. The van der Waals surface area contributed by atoms with Crippen LogP contribution in [0.3, 0.4) is 0 Å². The number of carbonyl (C=O) groups excluding carboxylic acids is 3. The molecule has 9 nitrogen and oxygen atoms in total. The number of ether oxygens (including phenoxy) is 3. The van der Waals surface area contributed by atoms with Crippen LogP contribution in [0.25, 0.3) is 11.1 Å². The van der Waals surface area contributed by atoms with Crippen LogP contribution >= 0.6 is 0 Å². The second kappa shape index (κ2) is 17.7. The maximum atomic E-state index is 13.5. The number of carbonyl (C=O) groups is 3. The van der Waals surface area contributed by atoms with Crippen LogP contribution in [0.5, 0.6) is 5.75 Å². The lowest BCUT2D eigenvalue weighted by Gasteiger charge is -2.41. The Morgan fingerprint density at radius 1 is 0.774 bits per heavy atom. The van der Waals surface area contributed by atoms with Crippen molar-refractivity contribution in [1.82, 2.24) is 10.6 Å². The topological polar surface area (TPSA) is 112 Å². The molecule has 1 aliphatic carbocycles. The van der Waals surface area contributed by atoms with Gasteiger partial charge in [0.15, 0.2) is 8.32 Å². The normalized spacial score (nSPS) is 13.6. The van der Waals surface area contributed by atoms with Gasteiger partial charge in [0.25, 0.3) is 0 Å². The first-order valence-electron chi connectivity index (χ1n) is 18.3. The molecule has 0 aliphatic heterocycles. The minimum absolute atomic E-state index is 0.0383. The van der Waals surface area contributed by atoms with Gasteiger partial charge in [-0.3, -0.25) is 9.59 Å². The van der Waals surface area contributed by atoms with Crippen molar-refractivity contribution in [3.63, 3.8) is 0 Å². The molecule has 0 saturated carbocycles. The quantitative estimate of drug-likeness (QED) is 0.0882. The standard InChI is InChI=1S/C43H52N2O7Si/c1-7-49-41(47)26-39(52-53(5,6)43(2,3)4)38(25-30-21-23-32(24-22-30)50-28-31-15-9-8-10-16-31)45-40(46)27-44-42(48)51-29-37-35-19-13-11-17-33(35)34-18-12-14-20-36(34)37/h8-24,37-39H,7,25-29H2,1-6H3,(H,44,48)(H,45,46)/t38-,39+/m0/s1. The van der Waals surface area contributed by atoms with Crippen molar-refractivity contribution >= 4 is 26.3 Å². The summed E-state index contributed by atoms with van der Waals surface area (Å²) in [7, 11) is -2.42. The summed E-state index contributed by atoms with van der Waals surface area (Å²) in [4.78, 5) is 39.4. The lowest BCUT2D eigenvalue weighted by Crippen LogP contribution is -2.54. The zero-order valence-electron chi connectivity index (χ0n) is 31.6. The molecule has 5 rings (SSSR count). The van der Waals surface area contributed by atoms with Gasteiger partial charge in [-0.25, -0.2) is 4.79 Å². The average Bonchev–Trinajstić information content (AvgIpc) is 3.45. The first-order valence-corrected chi connectivity index (χ1v) is 21.2. The number of amides is 2. The van der Waals surface area contributed by atoms with Gasteiger partial charge in [-0.15, -0.1) is 0 Å². The van der Waals surface area contributed by atoms with Gasteiger partial charge in [-0.2, -0.15) is 0 Å². The molecule has 280 valence electrons. The average molecular weight is 737 g/mol. The Balaban J connectivity index is 1.27. The number of esters is 1. The van der Waals surface area contributed by atoms with Gasteiger partial charge in [0.1, 0.15) is 25.5 Å². The summed E-state index contributed by atoms with van der Waals surface area (Å²) in [6.45, 7) is 12.9. The number of hydrogen-bond donors (Lipinski definition) is 2. The summed E-state index contributed by atoms with van der Waals surface area (Å²) in [5.41, 5.74) is 6.46. The van der Waals surface area contributed by atoms with Gasteiger partial charge in [0.05, 0.1) is 25.2 Å². The number of nitrogens with one attached hydrogen (secondary N) is 2. The molecule has 0 spiro atoms. The largest absolute Gasteiger partial charge is 0.489 e. The van der Waals surface area contributed by atoms with Gasteiger partial charge in [0.2, 0.25) is 5.91 Å². The molecule has 0 saturated heterocycles. The third-order valence-electron chi connectivity index (χ3n) is 10.1. The highest BCUT2D eigenvalue weighted by Gasteiger charge is 2.42. The van der Waals surface area contributed by atoms with Crippen LogP contribution in [0.2, 0.25) is 18.1 Å². The monoisotopic (exact) mass is 736 g/mol. The SMILES string of the molecule is CCOC(=O)C[C@@H](O[Si](C)(C)C(C)(C)C)[C@H](Cc1ccc(OCc2ccccc2)cc1)NC(=O)CNC(=O)OCC1c2ccccc2-c2ccccc21. The molecule has 10 heteroatoms. The Hall–Kier alpha value is -4.93. The summed E-state index contributed by atoms with van der Waals surface area (Å²) in [5.74, 6) is -0.223. The fraction of sp³-hybridized carbons (Fsp3) is 0.372. The summed E-state index contributed by atoms with van der Waals surface area (Å²) in [6.07, 6.45) is -1.04. The number of alkyl carbamates (subject to hydrolysis) is 1. The molecule has 4 aromatic carbocycles. The number of hydrogen-bond acceptors (Lipinski definition) is 7. The van der Waals surface area contributed by atoms with Gasteiger partial charge < -0.3 is 29.3 Å². The van der Waals surface area contributed by atoms with E-state index in [0.717, 1.165) is 33.4 Å². The smallest absolute Gasteiger partial charge is 0.407 e. The molecule has 2 amide bonds. The van der Waals surface area contributed by atoms with E-state index in [1.54, 1.807) is 6.92 Å². The predicted octanol–water partition coefficient (Wildman–Crippen LogP) is 8.18. The van der Waals surface area contributed by atoms with Crippen molar-refractivity contribution < 1.29 is 33.0 Å². The van der Waals surface area contributed by atoms with E-state index in [9.17, 15) is 14.4 Å². The summed E-state index contributed by atoms with van der Waals surface area (Å²) >= 11 is 0. The lowest BCUT2D eigenvalue weighted by atomic mass is 9.98. The maximum absolute atomic E-state index is 13.5. The second-order valence-electron chi connectivity index (χ2n) is 14.9. The predicted molar refractivity (Wildman–Crippen MR) is 209 cm³/mol. The van der Waals surface area contributed by atoms with Gasteiger partial charge in [0, 0.05) is 5.92 Å². The fourth-order valence-electron chi connectivity index (χ4n) is 6.26. The van der Waals surface area contributed by atoms with Crippen molar-refractivity contribution in [3.8, 4) is 16.9 Å². The van der Waals surface area contributed by atoms with Crippen LogP contribution in [0.15, 0.2) is 103 Å². The third kappa shape index (κ3) is 10.6. The zero-order valence-corrected chi connectivity index (χ0v) is 32.6. The minimum atomic E-state index is -2.42. The molecule has 0 aromatic heterocycles. The molecule has 53 heavy (non-hydrogen) atoms. The minimum Gasteiger partial charge on any atom is -0.489 e. The van der Waals surface area contributed by atoms with Crippen LogP contribution in [-0.4, -0.2) is 58.2 Å². The van der Waals surface area contributed by atoms with Crippen LogP contribution in [0, 0.1) is 0 Å². The highest BCUT2D eigenvalue weighted by atomic mass is 28.4. The van der Waals surface area contributed by atoms with Crippen LogP contribution in [0.1, 0.15) is 62.3 Å². The van der Waals surface area contributed by atoms with E-state index in [0.29, 0.717) is 18.8 Å². The Bertz CT molecular complexity index is 1790. The Morgan fingerprint density at radius 2 is 1.38 bits per heavy atom. The van der Waals surface area contributed by atoms with E-state index in [1.807, 2.05) is 78.9 Å². The van der Waals surface area contributed by atoms with E-state index in [1.165, 1.54) is 0 Å². The molecule has 2 N–H and O–H groups in total. The third-order valence-corrected chi connectivity index (χ3v) is 14.6. The first kappa shape index (κ1) is 39.3. The number of rotatable bonds is 16. The summed E-state index contributed by atoms with van der Waals surface area (Å²) in [6, 6.07) is 33.2. The molecule has 0 unspecified atom stereocenters. The first-order chi connectivity index (χ1) is 25.3. The summed E-state index contributed by atoms with van der Waals surface area (Å²) in [5, 5.41) is 5.54. The van der Waals surface area contributed by atoms with Crippen LogP contribution in [-0.2, 0) is 36.5 Å². The molecule has 2 atom stereocenters. The van der Waals surface area contributed by atoms with E-state index in [-0.39, 0.29) is 37.1 Å². The molecule has 0 radical (unpaired) electrons. The van der Waals surface area contributed by atoms with Crippen molar-refractivity contribution in [3.05, 3.63) is 125 Å². The molecular weight excluding hydrogens is 685 g/mol. The van der Waals surface area contributed by atoms with Gasteiger partial charge in [-0.05, 0) is 77.0 Å². The van der Waals surface area contributed by atoms with Crippen LogP contribution < -0.4 is 15.4 Å². The molecule has 0 bridgehead atoms. The van der Waals surface area contributed by atoms with Crippen LogP contribution in [0.4, 0.5) is 4.79 Å². The Morgan fingerprint density at radius 3 is 1.98 bits per heavy atom. The molecule has 0 fully saturated rings. The van der Waals surface area contributed by atoms with Crippen molar-refractivity contribution in [2.45, 2.75) is 83.3 Å². The molecule has 4 aromatic rings. The highest BCUT2D eigenvalue weighted by molar-refractivity contribution is 6.74. The highest BCUT2D eigenvalue weighted by Crippen LogP contribution is 2.44. The van der Waals surface area contributed by atoms with Crippen molar-refractivity contribution in [2.24, 2.45) is 0 Å². The number of benzene rings is 4. The Kier molecular flexibility index (Phi) is 13.1. The van der Waals surface area contributed by atoms with Crippen molar-refractivity contribution in [1.29, 1.82) is 0 Å².